The number of aromatic nitrogens is 1. The van der Waals surface area contributed by atoms with Gasteiger partial charge >= 0.3 is 0 Å². The van der Waals surface area contributed by atoms with E-state index in [1.165, 1.54) is 0 Å². The van der Waals surface area contributed by atoms with Gasteiger partial charge in [-0.15, -0.1) is 0 Å². The molecule has 3 rings (SSSR count). The van der Waals surface area contributed by atoms with E-state index >= 15 is 0 Å². The number of aromatic amines is 1. The second kappa shape index (κ2) is 8.29. The lowest BCUT2D eigenvalue weighted by atomic mass is 10.0. The van der Waals surface area contributed by atoms with E-state index in [9.17, 15) is 9.59 Å². The Hall–Kier alpha value is -2.76. The van der Waals surface area contributed by atoms with E-state index in [1.807, 2.05) is 35.8 Å². The molecule has 2 heterocycles. The van der Waals surface area contributed by atoms with Gasteiger partial charge in [-0.25, -0.2) is 0 Å². The fourth-order valence-electron chi connectivity index (χ4n) is 3.63. The molecular weight excluding hydrogens is 342 g/mol. The van der Waals surface area contributed by atoms with Crippen LogP contribution in [0.3, 0.4) is 0 Å². The van der Waals surface area contributed by atoms with Crippen molar-refractivity contribution in [3.05, 3.63) is 52.8 Å². The Bertz CT molecular complexity index is 814. The SMILES string of the molecule is COc1cc(C)cc(C)c1CC(=O)N1CCCN(C(=O)c2ccc[nH]2)CC1. The molecule has 1 saturated heterocycles. The van der Waals surface area contributed by atoms with Crippen LogP contribution < -0.4 is 4.74 Å². The fourth-order valence-corrected chi connectivity index (χ4v) is 3.63. The molecule has 144 valence electrons. The summed E-state index contributed by atoms with van der Waals surface area (Å²) in [5.74, 6) is 0.832. The summed E-state index contributed by atoms with van der Waals surface area (Å²) < 4.78 is 5.48. The average Bonchev–Trinajstić information content (AvgIpc) is 3.07. The second-order valence-corrected chi connectivity index (χ2v) is 7.05. The molecule has 0 radical (unpaired) electrons. The molecule has 6 nitrogen and oxygen atoms in total. The van der Waals surface area contributed by atoms with Gasteiger partial charge in [0.15, 0.2) is 0 Å². The third kappa shape index (κ3) is 4.32. The molecule has 0 atom stereocenters. The number of hydrogen-bond acceptors (Lipinski definition) is 3. The van der Waals surface area contributed by atoms with E-state index in [0.717, 1.165) is 28.9 Å². The zero-order valence-electron chi connectivity index (χ0n) is 16.2. The van der Waals surface area contributed by atoms with Gasteiger partial charge in [0.05, 0.1) is 13.5 Å². The van der Waals surface area contributed by atoms with Crippen molar-refractivity contribution in [2.45, 2.75) is 26.7 Å². The van der Waals surface area contributed by atoms with Gasteiger partial charge in [0.2, 0.25) is 5.91 Å². The van der Waals surface area contributed by atoms with Crippen molar-refractivity contribution < 1.29 is 14.3 Å². The first-order valence-corrected chi connectivity index (χ1v) is 9.34. The first-order valence-electron chi connectivity index (χ1n) is 9.34. The van der Waals surface area contributed by atoms with Crippen LogP contribution in [0.5, 0.6) is 5.75 Å². The third-order valence-corrected chi connectivity index (χ3v) is 5.09. The minimum atomic E-state index is -0.00894. The molecule has 1 aromatic heterocycles. The number of amides is 2. The maximum Gasteiger partial charge on any atom is 0.270 e. The number of benzene rings is 1. The summed E-state index contributed by atoms with van der Waals surface area (Å²) in [6, 6.07) is 7.64. The molecule has 1 aliphatic heterocycles. The first kappa shape index (κ1) is 19.0. The van der Waals surface area contributed by atoms with Crippen molar-refractivity contribution in [3.8, 4) is 5.75 Å². The molecule has 1 fully saturated rings. The van der Waals surface area contributed by atoms with Crippen molar-refractivity contribution in [1.82, 2.24) is 14.8 Å². The van der Waals surface area contributed by atoms with Gasteiger partial charge in [-0.3, -0.25) is 9.59 Å². The first-order chi connectivity index (χ1) is 13.0. The predicted molar refractivity (Wildman–Crippen MR) is 104 cm³/mol. The topological polar surface area (TPSA) is 65.6 Å². The van der Waals surface area contributed by atoms with E-state index in [2.05, 4.69) is 11.1 Å². The quantitative estimate of drug-likeness (QED) is 0.901. The Morgan fingerprint density at radius 3 is 2.56 bits per heavy atom. The molecule has 0 spiro atoms. The van der Waals surface area contributed by atoms with Crippen LogP contribution in [0.2, 0.25) is 0 Å². The number of H-pyrrole nitrogens is 1. The number of methoxy groups -OCH3 is 1. The van der Waals surface area contributed by atoms with Crippen LogP contribution in [0.15, 0.2) is 30.5 Å². The summed E-state index contributed by atoms with van der Waals surface area (Å²) >= 11 is 0. The standard InChI is InChI=1S/C21H27N3O3/c1-15-12-16(2)17(19(13-15)27-3)14-20(25)23-8-5-9-24(11-10-23)21(26)18-6-4-7-22-18/h4,6-7,12-13,22H,5,8-11,14H2,1-3H3. The Labute approximate surface area is 160 Å². The highest BCUT2D eigenvalue weighted by Crippen LogP contribution is 2.25. The molecule has 27 heavy (non-hydrogen) atoms. The van der Waals surface area contributed by atoms with Gasteiger partial charge in [0, 0.05) is 37.9 Å². The Morgan fingerprint density at radius 2 is 1.85 bits per heavy atom. The van der Waals surface area contributed by atoms with Crippen LogP contribution in [0, 0.1) is 13.8 Å². The van der Waals surface area contributed by atoms with Gasteiger partial charge in [-0.05, 0) is 49.6 Å². The Kier molecular flexibility index (Phi) is 5.84. The maximum atomic E-state index is 12.9. The molecule has 0 bridgehead atoms. The van der Waals surface area contributed by atoms with Gasteiger partial charge in [-0.1, -0.05) is 6.07 Å². The van der Waals surface area contributed by atoms with E-state index in [0.29, 0.717) is 38.3 Å². The molecule has 1 N–H and O–H groups in total. The molecule has 1 aromatic carbocycles. The van der Waals surface area contributed by atoms with Crippen LogP contribution in [0.4, 0.5) is 0 Å². The monoisotopic (exact) mass is 369 g/mol. The molecule has 2 aromatic rings. The minimum absolute atomic E-state index is 0.00894. The summed E-state index contributed by atoms with van der Waals surface area (Å²) in [6.45, 7) is 6.46. The number of carbonyl (C=O) groups is 2. The highest BCUT2D eigenvalue weighted by atomic mass is 16.5. The number of aryl methyl sites for hydroxylation is 2. The van der Waals surface area contributed by atoms with Crippen molar-refractivity contribution >= 4 is 11.8 Å². The Morgan fingerprint density at radius 1 is 1.11 bits per heavy atom. The smallest absolute Gasteiger partial charge is 0.270 e. The van der Waals surface area contributed by atoms with Crippen LogP contribution >= 0.6 is 0 Å². The summed E-state index contributed by atoms with van der Waals surface area (Å²) in [7, 11) is 1.64. The Balaban J connectivity index is 1.66. The van der Waals surface area contributed by atoms with Gasteiger partial charge in [0.25, 0.3) is 5.91 Å². The maximum absolute atomic E-state index is 12.9. The van der Waals surface area contributed by atoms with Crippen LogP contribution in [0.25, 0.3) is 0 Å². The lowest BCUT2D eigenvalue weighted by Gasteiger charge is -2.23. The third-order valence-electron chi connectivity index (χ3n) is 5.09. The van der Waals surface area contributed by atoms with Gasteiger partial charge < -0.3 is 19.5 Å². The highest BCUT2D eigenvalue weighted by Gasteiger charge is 2.24. The summed E-state index contributed by atoms with van der Waals surface area (Å²) in [5, 5.41) is 0. The summed E-state index contributed by atoms with van der Waals surface area (Å²) in [4.78, 5) is 32.0. The molecule has 1 aliphatic rings. The van der Waals surface area contributed by atoms with Crippen LogP contribution in [0.1, 0.15) is 33.6 Å². The van der Waals surface area contributed by atoms with E-state index in [-0.39, 0.29) is 11.8 Å². The zero-order chi connectivity index (χ0) is 19.4. The lowest BCUT2D eigenvalue weighted by molar-refractivity contribution is -0.130. The molecular formula is C21H27N3O3. The number of nitrogens with zero attached hydrogens (tertiary/aromatic N) is 2. The fraction of sp³-hybridized carbons (Fsp3) is 0.429. The number of nitrogens with one attached hydrogen (secondary N) is 1. The molecule has 0 saturated carbocycles. The predicted octanol–water partition coefficient (Wildman–Crippen LogP) is 2.56. The van der Waals surface area contributed by atoms with Gasteiger partial charge in [-0.2, -0.15) is 0 Å². The summed E-state index contributed by atoms with van der Waals surface area (Å²) in [5.41, 5.74) is 3.72. The number of hydrogen-bond donors (Lipinski definition) is 1. The molecule has 0 aliphatic carbocycles. The van der Waals surface area contributed by atoms with E-state index in [4.69, 9.17) is 4.74 Å². The van der Waals surface area contributed by atoms with Crippen molar-refractivity contribution in [2.75, 3.05) is 33.3 Å². The highest BCUT2D eigenvalue weighted by molar-refractivity contribution is 5.92. The zero-order valence-corrected chi connectivity index (χ0v) is 16.2. The number of ether oxygens (including phenoxy) is 1. The molecule has 0 unspecified atom stereocenters. The minimum Gasteiger partial charge on any atom is -0.496 e. The van der Waals surface area contributed by atoms with E-state index < -0.39 is 0 Å². The van der Waals surface area contributed by atoms with Crippen LogP contribution in [-0.2, 0) is 11.2 Å². The number of rotatable bonds is 4. The number of carbonyl (C=O) groups excluding carboxylic acids is 2. The largest absolute Gasteiger partial charge is 0.496 e. The van der Waals surface area contributed by atoms with E-state index in [1.54, 1.807) is 19.4 Å². The van der Waals surface area contributed by atoms with Crippen molar-refractivity contribution in [2.24, 2.45) is 0 Å². The van der Waals surface area contributed by atoms with Crippen LogP contribution in [-0.4, -0.2) is 59.9 Å². The van der Waals surface area contributed by atoms with Crippen molar-refractivity contribution in [3.63, 3.8) is 0 Å². The van der Waals surface area contributed by atoms with Crippen molar-refractivity contribution in [1.29, 1.82) is 0 Å². The summed E-state index contributed by atoms with van der Waals surface area (Å²) in [6.07, 6.45) is 2.85. The average molecular weight is 369 g/mol. The lowest BCUT2D eigenvalue weighted by Crippen LogP contribution is -2.38. The van der Waals surface area contributed by atoms with Gasteiger partial charge in [0.1, 0.15) is 11.4 Å². The second-order valence-electron chi connectivity index (χ2n) is 7.05. The molecule has 2 amide bonds. The normalized spacial score (nSPS) is 14.8. The molecule has 6 heteroatoms.